The molecule has 10 heteroatoms. The van der Waals surface area contributed by atoms with Crippen LogP contribution in [-0.4, -0.2) is 62.7 Å². The van der Waals surface area contributed by atoms with E-state index >= 15 is 0 Å². The van der Waals surface area contributed by atoms with Crippen molar-refractivity contribution in [1.82, 2.24) is 9.97 Å². The fourth-order valence-corrected chi connectivity index (χ4v) is 5.24. The lowest BCUT2D eigenvalue weighted by Gasteiger charge is -2.19. The predicted octanol–water partition coefficient (Wildman–Crippen LogP) is 4.10. The number of hydrogen-bond donors (Lipinski definition) is 3. The Labute approximate surface area is 213 Å². The first-order chi connectivity index (χ1) is 17.6. The summed E-state index contributed by atoms with van der Waals surface area (Å²) in [5.41, 5.74) is 10.3. The zero-order valence-corrected chi connectivity index (χ0v) is 21.1. The number of methoxy groups -OCH3 is 3. The lowest BCUT2D eigenvalue weighted by Crippen LogP contribution is -2.30. The van der Waals surface area contributed by atoms with Crippen molar-refractivity contribution >= 4 is 50.7 Å². The largest absolute Gasteiger partial charge is 0.493 e. The summed E-state index contributed by atoms with van der Waals surface area (Å²) in [6, 6.07) is 9.51. The highest BCUT2D eigenvalue weighted by molar-refractivity contribution is 6.19. The normalized spacial score (nSPS) is 14.8. The second-order valence-corrected chi connectivity index (χ2v) is 8.84. The molecule has 0 spiro atoms. The van der Waals surface area contributed by atoms with E-state index in [-0.39, 0.29) is 11.8 Å². The Bertz CT molecular complexity index is 1450. The summed E-state index contributed by atoms with van der Waals surface area (Å²) < 4.78 is 16.6. The van der Waals surface area contributed by atoms with Crippen LogP contribution in [0.5, 0.6) is 17.2 Å². The van der Waals surface area contributed by atoms with E-state index in [1.54, 1.807) is 38.5 Å². The average molecular weight is 510 g/mol. The Kier molecular flexibility index (Phi) is 6.51. The molecule has 1 atom stereocenters. The van der Waals surface area contributed by atoms with Crippen molar-refractivity contribution in [2.24, 2.45) is 5.73 Å². The van der Waals surface area contributed by atoms with E-state index in [9.17, 15) is 4.79 Å². The van der Waals surface area contributed by atoms with Gasteiger partial charge < -0.3 is 35.1 Å². The smallest absolute Gasteiger partial charge is 0.274 e. The molecule has 188 valence electrons. The number of ether oxygens (including phenoxy) is 3. The zero-order valence-electron chi connectivity index (χ0n) is 20.4. The summed E-state index contributed by atoms with van der Waals surface area (Å²) in [4.78, 5) is 23.5. The van der Waals surface area contributed by atoms with Gasteiger partial charge in [-0.1, -0.05) is 6.07 Å². The molecule has 0 aliphatic carbocycles. The van der Waals surface area contributed by atoms with Crippen molar-refractivity contribution in [3.8, 4) is 17.2 Å². The number of carbonyl (C=O) groups excluding carboxylic acids is 1. The molecule has 4 aromatic rings. The third kappa shape index (κ3) is 3.75. The van der Waals surface area contributed by atoms with Crippen molar-refractivity contribution in [1.29, 1.82) is 0 Å². The van der Waals surface area contributed by atoms with Crippen LogP contribution in [-0.2, 0) is 0 Å². The summed E-state index contributed by atoms with van der Waals surface area (Å²) in [6.45, 7) is 1.52. The lowest BCUT2D eigenvalue weighted by molar-refractivity contribution is 0.0984. The second kappa shape index (κ2) is 9.75. The van der Waals surface area contributed by atoms with Crippen molar-refractivity contribution in [3.05, 3.63) is 47.8 Å². The number of pyridine rings is 1. The molecule has 0 radical (unpaired) electrons. The van der Waals surface area contributed by atoms with E-state index in [1.807, 2.05) is 24.3 Å². The molecule has 1 aliphatic heterocycles. The van der Waals surface area contributed by atoms with Crippen LogP contribution in [0, 0.1) is 0 Å². The van der Waals surface area contributed by atoms with Gasteiger partial charge in [0.25, 0.3) is 5.91 Å². The third-order valence-electron chi connectivity index (χ3n) is 6.55. The Balaban J connectivity index is 1.64. The van der Waals surface area contributed by atoms with Gasteiger partial charge in [-0.3, -0.25) is 9.78 Å². The number of fused-ring (bicyclic) bond motifs is 4. The summed E-state index contributed by atoms with van der Waals surface area (Å²) in [7, 11) is 4.66. The van der Waals surface area contributed by atoms with Gasteiger partial charge in [0, 0.05) is 48.4 Å². The van der Waals surface area contributed by atoms with Crippen molar-refractivity contribution in [2.75, 3.05) is 57.1 Å². The number of amides is 1. The van der Waals surface area contributed by atoms with Gasteiger partial charge in [-0.25, -0.2) is 0 Å². The molecule has 1 unspecified atom stereocenters. The van der Waals surface area contributed by atoms with Gasteiger partial charge in [0.15, 0.2) is 11.5 Å². The van der Waals surface area contributed by atoms with Gasteiger partial charge in [-0.15, -0.1) is 11.6 Å². The van der Waals surface area contributed by atoms with Crippen LogP contribution in [0.2, 0.25) is 0 Å². The molecule has 36 heavy (non-hydrogen) atoms. The number of nitrogens with two attached hydrogens (primary N) is 1. The van der Waals surface area contributed by atoms with E-state index in [0.717, 1.165) is 33.2 Å². The number of rotatable bonds is 8. The fraction of sp³-hybridized carbons (Fsp3) is 0.308. The SMILES string of the molecule is COc1cc2cc(C(=O)N3CC(CCl)c4c3cc(NCCN)c3ncccc43)[nH]c2c(OC)c1OC. The number of anilines is 2. The number of halogens is 1. The van der Waals surface area contributed by atoms with Crippen molar-refractivity contribution in [3.63, 3.8) is 0 Å². The molecule has 0 saturated heterocycles. The van der Waals surface area contributed by atoms with Crippen LogP contribution < -0.4 is 30.2 Å². The maximum absolute atomic E-state index is 13.9. The van der Waals surface area contributed by atoms with E-state index in [4.69, 9.17) is 31.5 Å². The van der Waals surface area contributed by atoms with Crippen LogP contribution in [0.25, 0.3) is 21.8 Å². The summed E-state index contributed by atoms with van der Waals surface area (Å²) in [6.07, 6.45) is 1.76. The average Bonchev–Trinajstić information content (AvgIpc) is 3.51. The molecule has 2 aromatic heterocycles. The minimum absolute atomic E-state index is 0.0278. The third-order valence-corrected chi connectivity index (χ3v) is 6.93. The molecule has 0 bridgehead atoms. The number of hydrogen-bond acceptors (Lipinski definition) is 7. The number of benzene rings is 2. The molecular weight excluding hydrogens is 482 g/mol. The van der Waals surface area contributed by atoms with Gasteiger partial charge in [-0.2, -0.15) is 0 Å². The molecule has 3 heterocycles. The first-order valence-corrected chi connectivity index (χ1v) is 12.1. The van der Waals surface area contributed by atoms with Crippen molar-refractivity contribution in [2.45, 2.75) is 5.92 Å². The Morgan fingerprint density at radius 2 is 2.03 bits per heavy atom. The van der Waals surface area contributed by atoms with Crippen LogP contribution in [0.15, 0.2) is 36.5 Å². The first-order valence-electron chi connectivity index (χ1n) is 11.6. The highest BCUT2D eigenvalue weighted by Crippen LogP contribution is 2.46. The number of alkyl halides is 1. The van der Waals surface area contributed by atoms with E-state index in [0.29, 0.717) is 54.0 Å². The summed E-state index contributed by atoms with van der Waals surface area (Å²) in [5.74, 6) is 1.62. The number of H-pyrrole nitrogens is 1. The van der Waals surface area contributed by atoms with Crippen molar-refractivity contribution < 1.29 is 19.0 Å². The number of carbonyl (C=O) groups is 1. The van der Waals surface area contributed by atoms with E-state index in [2.05, 4.69) is 15.3 Å². The van der Waals surface area contributed by atoms with E-state index in [1.165, 1.54) is 0 Å². The van der Waals surface area contributed by atoms with Gasteiger partial charge in [0.05, 0.1) is 43.7 Å². The minimum atomic E-state index is -0.173. The molecule has 1 aliphatic rings. The Hall–Kier alpha value is -3.69. The maximum Gasteiger partial charge on any atom is 0.274 e. The molecular formula is C26H28ClN5O4. The molecule has 2 aromatic carbocycles. The van der Waals surface area contributed by atoms with Crippen LogP contribution in [0.4, 0.5) is 11.4 Å². The zero-order chi connectivity index (χ0) is 25.4. The van der Waals surface area contributed by atoms with Gasteiger partial charge in [-0.05, 0) is 29.8 Å². The molecule has 0 saturated carbocycles. The molecule has 4 N–H and O–H groups in total. The summed E-state index contributed by atoms with van der Waals surface area (Å²) in [5, 5.41) is 5.10. The van der Waals surface area contributed by atoms with Crippen LogP contribution in [0.3, 0.4) is 0 Å². The number of nitrogens with zero attached hydrogens (tertiary/aromatic N) is 2. The monoisotopic (exact) mass is 509 g/mol. The topological polar surface area (TPSA) is 115 Å². The van der Waals surface area contributed by atoms with Gasteiger partial charge >= 0.3 is 0 Å². The maximum atomic E-state index is 13.9. The summed E-state index contributed by atoms with van der Waals surface area (Å²) >= 11 is 6.40. The molecule has 1 amide bonds. The second-order valence-electron chi connectivity index (χ2n) is 8.53. The quantitative estimate of drug-likeness (QED) is 0.306. The minimum Gasteiger partial charge on any atom is -0.493 e. The predicted molar refractivity (Wildman–Crippen MR) is 142 cm³/mol. The standard InChI is InChI=1S/C26H28ClN5O4/c1-34-20-10-14-9-18(31-22(14)25(36-3)24(20)35-2)26(33)32-13-15(12-27)21-16-5-4-7-30-23(16)17(11-19(21)32)29-8-6-28/h4-5,7,9-11,15,29,31H,6,8,12-13,28H2,1-3H3. The van der Waals surface area contributed by atoms with Gasteiger partial charge in [0.1, 0.15) is 5.69 Å². The first kappa shape index (κ1) is 24.0. The highest BCUT2D eigenvalue weighted by Gasteiger charge is 2.36. The van der Waals surface area contributed by atoms with Crippen LogP contribution >= 0.6 is 11.6 Å². The number of aromatic amines is 1. The van der Waals surface area contributed by atoms with Gasteiger partial charge in [0.2, 0.25) is 5.75 Å². The number of aromatic nitrogens is 2. The highest BCUT2D eigenvalue weighted by atomic mass is 35.5. The number of nitrogens with one attached hydrogen (secondary N) is 2. The molecule has 0 fully saturated rings. The fourth-order valence-electron chi connectivity index (χ4n) is 4.99. The molecule has 5 rings (SSSR count). The molecule has 9 nitrogen and oxygen atoms in total. The Morgan fingerprint density at radius 1 is 1.22 bits per heavy atom. The lowest BCUT2D eigenvalue weighted by atomic mass is 9.97. The van der Waals surface area contributed by atoms with Crippen LogP contribution in [0.1, 0.15) is 22.0 Å². The Morgan fingerprint density at radius 3 is 2.72 bits per heavy atom. The van der Waals surface area contributed by atoms with E-state index < -0.39 is 0 Å².